The molecule has 0 spiro atoms. The van der Waals surface area contributed by atoms with Gasteiger partial charge in [0.2, 0.25) is 0 Å². The molecule has 0 aliphatic carbocycles. The van der Waals surface area contributed by atoms with Crippen molar-refractivity contribution in [3.8, 4) is 0 Å². The molecule has 134 valence electrons. The maximum absolute atomic E-state index is 11.0. The third kappa shape index (κ3) is 13.6. The quantitative estimate of drug-likeness (QED) is 0.360. The van der Waals surface area contributed by atoms with Crippen molar-refractivity contribution in [2.24, 2.45) is 0 Å². The van der Waals surface area contributed by atoms with Crippen LogP contribution in [0.1, 0.15) is 51.5 Å². The number of ether oxygens (including phenoxy) is 2. The molecule has 0 unspecified atom stereocenters. The highest BCUT2D eigenvalue weighted by atomic mass is 16.5. The molecule has 0 N–H and O–H groups in total. The van der Waals surface area contributed by atoms with Crippen LogP contribution < -0.4 is 0 Å². The van der Waals surface area contributed by atoms with Crippen molar-refractivity contribution in [2.75, 3.05) is 13.2 Å². The minimum absolute atomic E-state index is 0.0940. The summed E-state index contributed by atoms with van der Waals surface area (Å²) >= 11 is 0. The summed E-state index contributed by atoms with van der Waals surface area (Å²) < 4.78 is 9.56. The van der Waals surface area contributed by atoms with Gasteiger partial charge in [-0.3, -0.25) is 9.59 Å². The van der Waals surface area contributed by atoms with E-state index in [2.05, 4.69) is 18.7 Å². The predicted molar refractivity (Wildman–Crippen MR) is 96.7 cm³/mol. The van der Waals surface area contributed by atoms with E-state index in [9.17, 15) is 9.59 Å². The lowest BCUT2D eigenvalue weighted by Gasteiger charge is -2.01. The number of aryl methyl sites for hydroxylation is 1. The second kappa shape index (κ2) is 15.8. The molecule has 0 saturated heterocycles. The lowest BCUT2D eigenvalue weighted by atomic mass is 10.1. The van der Waals surface area contributed by atoms with Gasteiger partial charge in [-0.05, 0) is 45.1 Å². The SMILES string of the molecule is C=CCCCC(=O)OCC.CCOC(=O)CCCc1ccccc1. The molecule has 0 aliphatic heterocycles. The Kier molecular flexibility index (Phi) is 14.4. The highest BCUT2D eigenvalue weighted by Gasteiger charge is 2.01. The maximum atomic E-state index is 11.0. The molecule has 4 heteroatoms. The first-order valence-electron chi connectivity index (χ1n) is 8.60. The number of hydrogen-bond acceptors (Lipinski definition) is 4. The van der Waals surface area contributed by atoms with Gasteiger partial charge in [0.05, 0.1) is 13.2 Å². The van der Waals surface area contributed by atoms with Crippen molar-refractivity contribution in [1.82, 2.24) is 0 Å². The van der Waals surface area contributed by atoms with E-state index in [-0.39, 0.29) is 11.9 Å². The fraction of sp³-hybridized carbons (Fsp3) is 0.500. The van der Waals surface area contributed by atoms with Crippen molar-refractivity contribution < 1.29 is 19.1 Å². The summed E-state index contributed by atoms with van der Waals surface area (Å²) in [5.74, 6) is -0.201. The Balaban J connectivity index is 0.000000470. The highest BCUT2D eigenvalue weighted by Crippen LogP contribution is 2.04. The summed E-state index contributed by atoms with van der Waals surface area (Å²) in [6.07, 6.45) is 6.38. The zero-order valence-corrected chi connectivity index (χ0v) is 15.0. The smallest absolute Gasteiger partial charge is 0.305 e. The molecule has 0 bridgehead atoms. The summed E-state index contributed by atoms with van der Waals surface area (Å²) in [6.45, 7) is 8.15. The Labute approximate surface area is 145 Å². The van der Waals surface area contributed by atoms with Crippen LogP contribution in [0.25, 0.3) is 0 Å². The molecule has 0 amide bonds. The first kappa shape index (κ1) is 21.9. The summed E-state index contributed by atoms with van der Waals surface area (Å²) in [7, 11) is 0. The number of unbranched alkanes of at least 4 members (excludes halogenated alkanes) is 1. The van der Waals surface area contributed by atoms with Crippen LogP contribution >= 0.6 is 0 Å². The minimum Gasteiger partial charge on any atom is -0.466 e. The molecule has 1 aromatic rings. The molecule has 0 saturated carbocycles. The maximum Gasteiger partial charge on any atom is 0.305 e. The number of carbonyl (C=O) groups excluding carboxylic acids is 2. The monoisotopic (exact) mass is 334 g/mol. The van der Waals surface area contributed by atoms with Gasteiger partial charge in [0.1, 0.15) is 0 Å². The summed E-state index contributed by atoms with van der Waals surface area (Å²) in [5.41, 5.74) is 1.27. The Bertz CT molecular complexity index is 454. The van der Waals surface area contributed by atoms with E-state index in [4.69, 9.17) is 9.47 Å². The van der Waals surface area contributed by atoms with Crippen molar-refractivity contribution >= 4 is 11.9 Å². The zero-order chi connectivity index (χ0) is 18.0. The number of allylic oxidation sites excluding steroid dienone is 1. The second-order valence-electron chi connectivity index (χ2n) is 5.13. The van der Waals surface area contributed by atoms with E-state index in [1.165, 1.54) is 5.56 Å². The topological polar surface area (TPSA) is 52.6 Å². The van der Waals surface area contributed by atoms with Crippen LogP contribution in [0.5, 0.6) is 0 Å². The standard InChI is InChI=1S/C12H16O2.C8H14O2/c1-2-14-12(13)10-6-9-11-7-4-3-5-8-11;1-3-5-6-7-8(9)10-4-2/h3-5,7-8H,2,6,9-10H2,1H3;3H,1,4-7H2,2H3. The zero-order valence-electron chi connectivity index (χ0n) is 15.0. The number of benzene rings is 1. The molecule has 1 aromatic carbocycles. The number of carbonyl (C=O) groups is 2. The molecular weight excluding hydrogens is 304 g/mol. The van der Waals surface area contributed by atoms with Gasteiger partial charge in [0.15, 0.2) is 0 Å². The van der Waals surface area contributed by atoms with E-state index in [1.807, 2.05) is 32.0 Å². The van der Waals surface area contributed by atoms with Crippen molar-refractivity contribution in [3.63, 3.8) is 0 Å². The lowest BCUT2D eigenvalue weighted by Crippen LogP contribution is -2.03. The van der Waals surface area contributed by atoms with Gasteiger partial charge >= 0.3 is 11.9 Å². The molecule has 0 aromatic heterocycles. The van der Waals surface area contributed by atoms with Gasteiger partial charge in [-0.1, -0.05) is 36.4 Å². The van der Waals surface area contributed by atoms with Crippen LogP contribution in [0.2, 0.25) is 0 Å². The van der Waals surface area contributed by atoms with Gasteiger partial charge < -0.3 is 9.47 Å². The second-order valence-corrected chi connectivity index (χ2v) is 5.13. The minimum atomic E-state index is -0.107. The fourth-order valence-corrected chi connectivity index (χ4v) is 1.94. The Morgan fingerprint density at radius 1 is 0.958 bits per heavy atom. The number of hydrogen-bond donors (Lipinski definition) is 0. The molecular formula is C20H30O4. The predicted octanol–water partition coefficient (Wildman–Crippen LogP) is 4.48. The molecule has 24 heavy (non-hydrogen) atoms. The first-order valence-corrected chi connectivity index (χ1v) is 8.60. The normalized spacial score (nSPS) is 9.42. The van der Waals surface area contributed by atoms with E-state index in [1.54, 1.807) is 6.08 Å². The van der Waals surface area contributed by atoms with Gasteiger partial charge in [0, 0.05) is 12.8 Å². The highest BCUT2D eigenvalue weighted by molar-refractivity contribution is 5.69. The van der Waals surface area contributed by atoms with Crippen LogP contribution in [0.3, 0.4) is 0 Å². The molecule has 0 heterocycles. The Hall–Kier alpha value is -2.10. The third-order valence-corrected chi connectivity index (χ3v) is 3.09. The van der Waals surface area contributed by atoms with Gasteiger partial charge in [0.25, 0.3) is 0 Å². The molecule has 0 atom stereocenters. The van der Waals surface area contributed by atoms with Crippen molar-refractivity contribution in [3.05, 3.63) is 48.6 Å². The fourth-order valence-electron chi connectivity index (χ4n) is 1.94. The van der Waals surface area contributed by atoms with Crippen LogP contribution in [0.4, 0.5) is 0 Å². The molecule has 0 aliphatic rings. The third-order valence-electron chi connectivity index (χ3n) is 3.09. The average Bonchev–Trinajstić information content (AvgIpc) is 2.57. The Morgan fingerprint density at radius 2 is 1.50 bits per heavy atom. The van der Waals surface area contributed by atoms with Crippen molar-refractivity contribution in [1.29, 1.82) is 0 Å². The van der Waals surface area contributed by atoms with Gasteiger partial charge in [-0.2, -0.15) is 0 Å². The van der Waals surface area contributed by atoms with Crippen LogP contribution in [-0.2, 0) is 25.5 Å². The largest absolute Gasteiger partial charge is 0.466 e. The molecule has 4 nitrogen and oxygen atoms in total. The first-order chi connectivity index (χ1) is 11.6. The average molecular weight is 334 g/mol. The lowest BCUT2D eigenvalue weighted by molar-refractivity contribution is -0.144. The van der Waals surface area contributed by atoms with Gasteiger partial charge in [-0.25, -0.2) is 0 Å². The van der Waals surface area contributed by atoms with E-state index in [0.717, 1.165) is 25.7 Å². The summed E-state index contributed by atoms with van der Waals surface area (Å²) in [5, 5.41) is 0. The molecule has 0 radical (unpaired) electrons. The molecule has 1 rings (SSSR count). The van der Waals surface area contributed by atoms with Gasteiger partial charge in [-0.15, -0.1) is 6.58 Å². The van der Waals surface area contributed by atoms with E-state index < -0.39 is 0 Å². The number of esters is 2. The van der Waals surface area contributed by atoms with Crippen LogP contribution in [0.15, 0.2) is 43.0 Å². The molecule has 0 fully saturated rings. The Morgan fingerprint density at radius 3 is 2.00 bits per heavy atom. The number of rotatable bonds is 10. The van der Waals surface area contributed by atoms with Crippen molar-refractivity contribution in [2.45, 2.75) is 52.4 Å². The summed E-state index contributed by atoms with van der Waals surface area (Å²) in [6, 6.07) is 10.2. The van der Waals surface area contributed by atoms with Crippen LogP contribution in [-0.4, -0.2) is 25.2 Å². The van der Waals surface area contributed by atoms with E-state index in [0.29, 0.717) is 26.1 Å². The summed E-state index contributed by atoms with van der Waals surface area (Å²) in [4.78, 5) is 21.7. The van der Waals surface area contributed by atoms with E-state index >= 15 is 0 Å². The van der Waals surface area contributed by atoms with Crippen LogP contribution in [0, 0.1) is 0 Å².